The number of aromatic amines is 2. The standard InChI is InChI=1S/C26H29ClN8O/c1-3-8-34-9-11-35(12-10-34)24-15-22(29-23-14-20(32-33-23)17-4-5-17)30-26(31-24)36-21-7-6-19-18(25(21)27)13-16(2)28-19/h3,6-7,13-15,17,28H,1,4-5,8-12H2,2H3,(H2,29,30,31,32,33). The molecule has 6 rings (SSSR count). The van der Waals surface area contributed by atoms with Crippen LogP contribution in [0.15, 0.2) is 43.0 Å². The summed E-state index contributed by atoms with van der Waals surface area (Å²) in [5, 5.41) is 12.3. The van der Waals surface area contributed by atoms with Crippen molar-refractivity contribution in [3.8, 4) is 11.8 Å². The molecule has 1 saturated carbocycles. The number of ether oxygens (including phenoxy) is 1. The molecule has 0 unspecified atom stereocenters. The van der Waals surface area contributed by atoms with Gasteiger partial charge < -0.3 is 19.9 Å². The Morgan fingerprint density at radius 3 is 2.75 bits per heavy atom. The second kappa shape index (κ2) is 9.48. The minimum absolute atomic E-state index is 0.231. The lowest BCUT2D eigenvalue weighted by Gasteiger charge is -2.34. The number of rotatable bonds is 8. The molecule has 10 heteroatoms. The summed E-state index contributed by atoms with van der Waals surface area (Å²) in [5.41, 5.74) is 3.15. The first-order valence-corrected chi connectivity index (χ1v) is 12.7. The van der Waals surface area contributed by atoms with Gasteiger partial charge in [0.15, 0.2) is 5.82 Å². The maximum atomic E-state index is 6.69. The topological polar surface area (TPSA) is 98.0 Å². The van der Waals surface area contributed by atoms with E-state index in [2.05, 4.69) is 41.9 Å². The smallest absolute Gasteiger partial charge is 0.325 e. The largest absolute Gasteiger partial charge is 0.423 e. The van der Waals surface area contributed by atoms with Gasteiger partial charge in [0, 0.05) is 73.1 Å². The van der Waals surface area contributed by atoms with Crippen molar-refractivity contribution < 1.29 is 4.74 Å². The average Bonchev–Trinajstić information content (AvgIpc) is 3.50. The zero-order chi connectivity index (χ0) is 24.6. The highest BCUT2D eigenvalue weighted by molar-refractivity contribution is 6.37. The van der Waals surface area contributed by atoms with Crippen LogP contribution in [-0.4, -0.2) is 62.8 Å². The quantitative estimate of drug-likeness (QED) is 0.278. The van der Waals surface area contributed by atoms with E-state index in [1.165, 1.54) is 12.8 Å². The number of halogens is 1. The predicted molar refractivity (Wildman–Crippen MR) is 143 cm³/mol. The number of benzene rings is 1. The molecule has 0 spiro atoms. The Kier molecular flexibility index (Phi) is 6.02. The normalized spacial score (nSPS) is 16.4. The van der Waals surface area contributed by atoms with Crippen molar-refractivity contribution in [1.82, 2.24) is 30.0 Å². The fourth-order valence-corrected chi connectivity index (χ4v) is 4.89. The predicted octanol–water partition coefficient (Wildman–Crippen LogP) is 5.36. The van der Waals surface area contributed by atoms with Gasteiger partial charge >= 0.3 is 6.01 Å². The minimum atomic E-state index is 0.231. The molecule has 1 aliphatic carbocycles. The number of aromatic nitrogens is 5. The summed E-state index contributed by atoms with van der Waals surface area (Å²) in [6.45, 7) is 10.3. The molecule has 3 aromatic heterocycles. The van der Waals surface area contributed by atoms with Crippen molar-refractivity contribution in [2.45, 2.75) is 25.7 Å². The summed E-state index contributed by atoms with van der Waals surface area (Å²) in [5.74, 6) is 3.25. The highest BCUT2D eigenvalue weighted by atomic mass is 35.5. The molecule has 4 aromatic rings. The van der Waals surface area contributed by atoms with Crippen molar-refractivity contribution in [3.05, 3.63) is 59.4 Å². The highest BCUT2D eigenvalue weighted by Crippen LogP contribution is 2.40. The number of anilines is 3. The molecule has 1 saturated heterocycles. The Balaban J connectivity index is 1.30. The first-order valence-electron chi connectivity index (χ1n) is 12.3. The van der Waals surface area contributed by atoms with Gasteiger partial charge in [-0.1, -0.05) is 17.7 Å². The Bertz CT molecular complexity index is 1400. The molecule has 0 radical (unpaired) electrons. The molecule has 3 N–H and O–H groups in total. The van der Waals surface area contributed by atoms with Crippen molar-refractivity contribution in [2.75, 3.05) is 42.9 Å². The first kappa shape index (κ1) is 22.9. The molecule has 36 heavy (non-hydrogen) atoms. The molecule has 186 valence electrons. The second-order valence-corrected chi connectivity index (χ2v) is 9.85. The Morgan fingerprint density at radius 2 is 1.97 bits per heavy atom. The number of fused-ring (bicyclic) bond motifs is 1. The first-order chi connectivity index (χ1) is 17.6. The summed E-state index contributed by atoms with van der Waals surface area (Å²) < 4.78 is 6.16. The summed E-state index contributed by atoms with van der Waals surface area (Å²) in [6, 6.07) is 10.0. The number of nitrogens with zero attached hydrogens (tertiary/aromatic N) is 5. The summed E-state index contributed by atoms with van der Waals surface area (Å²) in [4.78, 5) is 17.3. The number of hydrogen-bond donors (Lipinski definition) is 3. The lowest BCUT2D eigenvalue weighted by atomic mass is 10.2. The van der Waals surface area contributed by atoms with Crippen LogP contribution >= 0.6 is 11.6 Å². The summed E-state index contributed by atoms with van der Waals surface area (Å²) in [6.07, 6.45) is 4.36. The van der Waals surface area contributed by atoms with Gasteiger partial charge in [-0.3, -0.25) is 10.00 Å². The molecule has 2 fully saturated rings. The Morgan fingerprint density at radius 1 is 1.14 bits per heavy atom. The van der Waals surface area contributed by atoms with Gasteiger partial charge in [-0.05, 0) is 38.0 Å². The van der Waals surface area contributed by atoms with E-state index in [1.807, 2.05) is 43.3 Å². The van der Waals surface area contributed by atoms with E-state index in [4.69, 9.17) is 21.3 Å². The molecular formula is C26H29ClN8O. The van der Waals surface area contributed by atoms with E-state index in [0.29, 0.717) is 22.5 Å². The van der Waals surface area contributed by atoms with Crippen LogP contribution in [0.1, 0.15) is 30.1 Å². The number of piperazine rings is 1. The van der Waals surface area contributed by atoms with Gasteiger partial charge in [-0.25, -0.2) is 0 Å². The van der Waals surface area contributed by atoms with E-state index < -0.39 is 0 Å². The molecule has 0 atom stereocenters. The number of hydrogen-bond acceptors (Lipinski definition) is 7. The minimum Gasteiger partial charge on any atom is -0.423 e. The van der Waals surface area contributed by atoms with Crippen LogP contribution in [0.2, 0.25) is 5.02 Å². The van der Waals surface area contributed by atoms with Crippen LogP contribution in [0.25, 0.3) is 10.9 Å². The van der Waals surface area contributed by atoms with Crippen LogP contribution in [0.3, 0.4) is 0 Å². The zero-order valence-electron chi connectivity index (χ0n) is 20.2. The third-order valence-corrected chi connectivity index (χ3v) is 7.07. The maximum absolute atomic E-state index is 6.69. The van der Waals surface area contributed by atoms with Crippen LogP contribution in [0, 0.1) is 6.92 Å². The van der Waals surface area contributed by atoms with E-state index >= 15 is 0 Å². The van der Waals surface area contributed by atoms with Crippen LogP contribution in [0.5, 0.6) is 11.8 Å². The van der Waals surface area contributed by atoms with Gasteiger partial charge in [0.1, 0.15) is 17.4 Å². The van der Waals surface area contributed by atoms with E-state index in [1.54, 1.807) is 0 Å². The molecular weight excluding hydrogens is 476 g/mol. The van der Waals surface area contributed by atoms with E-state index in [9.17, 15) is 0 Å². The third-order valence-electron chi connectivity index (χ3n) is 6.68. The number of H-pyrrole nitrogens is 2. The van der Waals surface area contributed by atoms with E-state index in [-0.39, 0.29) is 6.01 Å². The summed E-state index contributed by atoms with van der Waals surface area (Å²) in [7, 11) is 0. The third kappa shape index (κ3) is 4.76. The second-order valence-electron chi connectivity index (χ2n) is 9.47. The van der Waals surface area contributed by atoms with Crippen molar-refractivity contribution in [1.29, 1.82) is 0 Å². The molecule has 2 aliphatic rings. The zero-order valence-corrected chi connectivity index (χ0v) is 21.0. The van der Waals surface area contributed by atoms with E-state index in [0.717, 1.165) is 66.7 Å². The molecule has 4 heterocycles. The molecule has 1 aliphatic heterocycles. The fraction of sp³-hybridized carbons (Fsp3) is 0.346. The Labute approximate surface area is 214 Å². The highest BCUT2D eigenvalue weighted by Gasteiger charge is 2.26. The van der Waals surface area contributed by atoms with Crippen LogP contribution in [0.4, 0.5) is 17.5 Å². The van der Waals surface area contributed by atoms with Crippen molar-refractivity contribution in [2.24, 2.45) is 0 Å². The Hall–Kier alpha value is -3.56. The van der Waals surface area contributed by atoms with Gasteiger partial charge in [-0.15, -0.1) is 6.58 Å². The van der Waals surface area contributed by atoms with Gasteiger partial charge in [-0.2, -0.15) is 15.1 Å². The summed E-state index contributed by atoms with van der Waals surface area (Å²) >= 11 is 6.69. The van der Waals surface area contributed by atoms with Crippen LogP contribution < -0.4 is 15.0 Å². The van der Waals surface area contributed by atoms with Crippen molar-refractivity contribution in [3.63, 3.8) is 0 Å². The lowest BCUT2D eigenvalue weighted by Crippen LogP contribution is -2.46. The van der Waals surface area contributed by atoms with Crippen molar-refractivity contribution >= 4 is 40.0 Å². The molecule has 0 amide bonds. The number of aryl methyl sites for hydroxylation is 1. The van der Waals surface area contributed by atoms with Gasteiger partial charge in [0.25, 0.3) is 0 Å². The SMILES string of the molecule is C=CCN1CCN(c2cc(Nc3cc(C4CC4)[nH]n3)nc(Oc3ccc4[nH]c(C)cc4c3Cl)n2)CC1. The maximum Gasteiger partial charge on any atom is 0.325 e. The van der Waals surface area contributed by atoms with Gasteiger partial charge in [0.2, 0.25) is 0 Å². The lowest BCUT2D eigenvalue weighted by molar-refractivity contribution is 0.283. The number of nitrogens with one attached hydrogen (secondary N) is 3. The fourth-order valence-electron chi connectivity index (χ4n) is 4.63. The average molecular weight is 505 g/mol. The van der Waals surface area contributed by atoms with Crippen LogP contribution in [-0.2, 0) is 0 Å². The molecule has 0 bridgehead atoms. The van der Waals surface area contributed by atoms with Gasteiger partial charge in [0.05, 0.1) is 5.02 Å². The molecule has 1 aromatic carbocycles. The monoisotopic (exact) mass is 504 g/mol. The molecule has 9 nitrogen and oxygen atoms in total.